The van der Waals surface area contributed by atoms with Crippen molar-refractivity contribution in [1.29, 1.82) is 0 Å². The lowest BCUT2D eigenvalue weighted by molar-refractivity contribution is -0.0501. The van der Waals surface area contributed by atoms with Crippen molar-refractivity contribution in [2.24, 2.45) is 0 Å². The molecule has 0 radical (unpaired) electrons. The molecule has 3 nitrogen and oxygen atoms in total. The molecule has 0 N–H and O–H groups in total. The lowest BCUT2D eigenvalue weighted by Crippen LogP contribution is -2.14. The van der Waals surface area contributed by atoms with E-state index in [1.54, 1.807) is 18.3 Å². The third kappa shape index (κ3) is 2.63. The number of para-hydroxylation sites is 1. The Bertz CT molecular complexity index is 673. The van der Waals surface area contributed by atoms with Crippen molar-refractivity contribution >= 4 is 5.78 Å². The number of rotatable bonds is 4. The number of aromatic nitrogens is 1. The molecule has 1 unspecified atom stereocenters. The zero-order chi connectivity index (χ0) is 14.8. The number of nitrogens with zero attached hydrogens (tertiary/aromatic N) is 1. The van der Waals surface area contributed by atoms with Crippen LogP contribution in [0.2, 0.25) is 0 Å². The highest BCUT2D eigenvalue weighted by atomic mass is 19.3. The summed E-state index contributed by atoms with van der Waals surface area (Å²) in [6.45, 7) is -2.95. The van der Waals surface area contributed by atoms with Crippen molar-refractivity contribution in [1.82, 2.24) is 4.98 Å². The van der Waals surface area contributed by atoms with E-state index in [1.807, 2.05) is 12.1 Å². The van der Waals surface area contributed by atoms with E-state index in [1.165, 1.54) is 12.1 Å². The van der Waals surface area contributed by atoms with Gasteiger partial charge in [-0.25, -0.2) is 0 Å². The molecule has 1 atom stereocenters. The molecule has 0 fully saturated rings. The SMILES string of the molecule is O=C(c1ccccc1OC(F)F)C1CCc2cccnc21. The maximum atomic E-state index is 12.6. The second kappa shape index (κ2) is 5.60. The van der Waals surface area contributed by atoms with Crippen LogP contribution in [0.15, 0.2) is 42.6 Å². The molecule has 1 aromatic carbocycles. The number of ether oxygens (including phenoxy) is 1. The van der Waals surface area contributed by atoms with Gasteiger partial charge in [-0.15, -0.1) is 0 Å². The van der Waals surface area contributed by atoms with Gasteiger partial charge in [0, 0.05) is 6.20 Å². The summed E-state index contributed by atoms with van der Waals surface area (Å²) >= 11 is 0. The van der Waals surface area contributed by atoms with E-state index in [-0.39, 0.29) is 23.0 Å². The molecule has 0 spiro atoms. The number of carbonyl (C=O) groups is 1. The molecule has 1 heterocycles. The Morgan fingerprint density at radius 3 is 2.86 bits per heavy atom. The summed E-state index contributed by atoms with van der Waals surface area (Å²) in [6.07, 6.45) is 3.07. The smallest absolute Gasteiger partial charge is 0.387 e. The topological polar surface area (TPSA) is 39.2 Å². The Labute approximate surface area is 120 Å². The molecular weight excluding hydrogens is 276 g/mol. The first kappa shape index (κ1) is 13.7. The molecule has 21 heavy (non-hydrogen) atoms. The van der Waals surface area contributed by atoms with Gasteiger partial charge in [0.15, 0.2) is 5.78 Å². The van der Waals surface area contributed by atoms with Gasteiger partial charge in [0.2, 0.25) is 0 Å². The van der Waals surface area contributed by atoms with Crippen molar-refractivity contribution in [3.8, 4) is 5.75 Å². The van der Waals surface area contributed by atoms with E-state index in [0.29, 0.717) is 6.42 Å². The molecule has 0 saturated carbocycles. The maximum absolute atomic E-state index is 12.6. The number of carbonyl (C=O) groups excluding carboxylic acids is 1. The van der Waals surface area contributed by atoms with Gasteiger partial charge in [0.05, 0.1) is 17.2 Å². The standard InChI is InChI=1S/C16H13F2NO2/c17-16(18)21-13-6-2-1-5-11(13)15(20)12-8-7-10-4-3-9-19-14(10)12/h1-6,9,12,16H,7-8H2. The first-order valence-electron chi connectivity index (χ1n) is 6.68. The van der Waals surface area contributed by atoms with Crippen molar-refractivity contribution in [3.63, 3.8) is 0 Å². The van der Waals surface area contributed by atoms with Crippen molar-refractivity contribution in [2.45, 2.75) is 25.4 Å². The zero-order valence-electron chi connectivity index (χ0n) is 11.1. The average molecular weight is 289 g/mol. The number of Topliss-reactive ketones (excluding diaryl/α,β-unsaturated/α-hetero) is 1. The lowest BCUT2D eigenvalue weighted by Gasteiger charge is -2.13. The maximum Gasteiger partial charge on any atom is 0.387 e. The predicted molar refractivity (Wildman–Crippen MR) is 72.7 cm³/mol. The van der Waals surface area contributed by atoms with Crippen LogP contribution in [0.3, 0.4) is 0 Å². The number of alkyl halides is 2. The molecule has 0 amide bonds. The van der Waals surface area contributed by atoms with Crippen LogP contribution in [0.4, 0.5) is 8.78 Å². The minimum Gasteiger partial charge on any atom is -0.434 e. The molecule has 2 aromatic rings. The Kier molecular flexibility index (Phi) is 3.64. The third-order valence-corrected chi connectivity index (χ3v) is 3.64. The van der Waals surface area contributed by atoms with E-state index in [0.717, 1.165) is 17.7 Å². The van der Waals surface area contributed by atoms with Crippen LogP contribution in [0, 0.1) is 0 Å². The van der Waals surface area contributed by atoms with Crippen molar-refractivity contribution in [3.05, 3.63) is 59.4 Å². The van der Waals surface area contributed by atoms with Crippen LogP contribution < -0.4 is 4.74 Å². The minimum absolute atomic E-state index is 0.0816. The second-order valence-electron chi connectivity index (χ2n) is 4.88. The summed E-state index contributed by atoms with van der Waals surface area (Å²) in [5, 5.41) is 0. The second-order valence-corrected chi connectivity index (χ2v) is 4.88. The molecule has 3 rings (SSSR count). The molecule has 1 aliphatic carbocycles. The van der Waals surface area contributed by atoms with Crippen molar-refractivity contribution < 1.29 is 18.3 Å². The highest BCUT2D eigenvalue weighted by Gasteiger charge is 2.32. The lowest BCUT2D eigenvalue weighted by atomic mass is 9.94. The van der Waals surface area contributed by atoms with Gasteiger partial charge in [0.25, 0.3) is 0 Å². The number of benzene rings is 1. The molecule has 0 saturated heterocycles. The summed E-state index contributed by atoms with van der Waals surface area (Å²) in [6, 6.07) is 9.88. The summed E-state index contributed by atoms with van der Waals surface area (Å²) in [5.41, 5.74) is 1.97. The highest BCUT2D eigenvalue weighted by molar-refractivity contribution is 6.03. The number of aryl methyl sites for hydroxylation is 1. The van der Waals surface area contributed by atoms with Gasteiger partial charge in [-0.2, -0.15) is 8.78 Å². The van der Waals surface area contributed by atoms with Crippen LogP contribution in [0.5, 0.6) is 5.75 Å². The van der Waals surface area contributed by atoms with E-state index >= 15 is 0 Å². The van der Waals surface area contributed by atoms with Gasteiger partial charge in [-0.3, -0.25) is 9.78 Å². The molecule has 0 aliphatic heterocycles. The molecule has 5 heteroatoms. The van der Waals surface area contributed by atoms with Crippen LogP contribution in [0.25, 0.3) is 0 Å². The van der Waals surface area contributed by atoms with E-state index in [9.17, 15) is 13.6 Å². The zero-order valence-corrected chi connectivity index (χ0v) is 11.1. The fourth-order valence-electron chi connectivity index (χ4n) is 2.72. The summed E-state index contributed by atoms with van der Waals surface area (Å²) in [7, 11) is 0. The Hall–Kier alpha value is -2.30. The first-order chi connectivity index (χ1) is 10.2. The first-order valence-corrected chi connectivity index (χ1v) is 6.68. The summed E-state index contributed by atoms with van der Waals surface area (Å²) in [4.78, 5) is 16.9. The minimum atomic E-state index is -2.95. The molecule has 1 aromatic heterocycles. The van der Waals surface area contributed by atoms with E-state index < -0.39 is 6.61 Å². The van der Waals surface area contributed by atoms with Crippen LogP contribution in [-0.2, 0) is 6.42 Å². The summed E-state index contributed by atoms with van der Waals surface area (Å²) in [5.74, 6) is -0.686. The molecule has 0 bridgehead atoms. The average Bonchev–Trinajstić information content (AvgIpc) is 2.90. The number of pyridine rings is 1. The van der Waals surface area contributed by atoms with E-state index in [2.05, 4.69) is 9.72 Å². The Morgan fingerprint density at radius 1 is 1.24 bits per heavy atom. The fourth-order valence-corrected chi connectivity index (χ4v) is 2.72. The predicted octanol–water partition coefficient (Wildman–Crippen LogP) is 3.60. The number of hydrogen-bond donors (Lipinski definition) is 0. The largest absolute Gasteiger partial charge is 0.434 e. The van der Waals surface area contributed by atoms with Crippen molar-refractivity contribution in [2.75, 3.05) is 0 Å². The van der Waals surface area contributed by atoms with Gasteiger partial charge < -0.3 is 4.74 Å². The van der Waals surface area contributed by atoms with Gasteiger partial charge >= 0.3 is 6.61 Å². The Morgan fingerprint density at radius 2 is 2.05 bits per heavy atom. The van der Waals surface area contributed by atoms with Gasteiger partial charge in [0.1, 0.15) is 5.75 Å². The molecular formula is C16H13F2NO2. The van der Waals surface area contributed by atoms with Gasteiger partial charge in [-0.05, 0) is 36.6 Å². The summed E-state index contributed by atoms with van der Waals surface area (Å²) < 4.78 is 29.3. The van der Waals surface area contributed by atoms with Crippen LogP contribution >= 0.6 is 0 Å². The number of halogens is 2. The quantitative estimate of drug-likeness (QED) is 0.807. The monoisotopic (exact) mass is 289 g/mol. The van der Waals surface area contributed by atoms with Crippen LogP contribution in [-0.4, -0.2) is 17.4 Å². The number of fused-ring (bicyclic) bond motifs is 1. The molecule has 108 valence electrons. The fraction of sp³-hybridized carbons (Fsp3) is 0.250. The van der Waals surface area contributed by atoms with E-state index in [4.69, 9.17) is 0 Å². The normalized spacial score (nSPS) is 16.8. The Balaban J connectivity index is 1.94. The highest BCUT2D eigenvalue weighted by Crippen LogP contribution is 2.35. The number of hydrogen-bond acceptors (Lipinski definition) is 3. The molecule has 1 aliphatic rings. The van der Waals surface area contributed by atoms with Gasteiger partial charge in [-0.1, -0.05) is 18.2 Å². The van der Waals surface area contributed by atoms with Crippen LogP contribution in [0.1, 0.15) is 34.0 Å². The third-order valence-electron chi connectivity index (χ3n) is 3.64. The number of ketones is 1.